The average Bonchev–Trinajstić information content (AvgIpc) is 2.27. The molecule has 0 saturated carbocycles. The molecule has 3 heteroatoms. The molecule has 0 bridgehead atoms. The van der Waals surface area contributed by atoms with Crippen LogP contribution in [0.3, 0.4) is 0 Å². The maximum absolute atomic E-state index is 11.8. The van der Waals surface area contributed by atoms with Crippen molar-refractivity contribution in [2.24, 2.45) is 0 Å². The molecule has 1 heterocycles. The van der Waals surface area contributed by atoms with Crippen LogP contribution in [0.15, 0.2) is 0 Å². The van der Waals surface area contributed by atoms with Crippen LogP contribution in [0.2, 0.25) is 0 Å². The van der Waals surface area contributed by atoms with Gasteiger partial charge in [0.2, 0.25) is 5.91 Å². The Morgan fingerprint density at radius 2 is 2.00 bits per heavy atom. The zero-order valence-corrected chi connectivity index (χ0v) is 10.3. The first-order chi connectivity index (χ1) is 7.74. The molecule has 0 aromatic carbocycles. The molecule has 1 saturated heterocycles. The molecular weight excluding hydrogens is 202 g/mol. The number of nitrogens with zero attached hydrogens (tertiary/aromatic N) is 1. The fraction of sp³-hybridized carbons (Fsp3) is 0.846. The van der Waals surface area contributed by atoms with Crippen LogP contribution in [0.25, 0.3) is 0 Å². The van der Waals surface area contributed by atoms with Crippen molar-refractivity contribution in [1.82, 2.24) is 4.90 Å². The largest absolute Gasteiger partial charge is 0.343 e. The first-order valence-corrected chi connectivity index (χ1v) is 6.53. The van der Waals surface area contributed by atoms with Gasteiger partial charge in [-0.3, -0.25) is 9.59 Å². The summed E-state index contributed by atoms with van der Waals surface area (Å²) < 4.78 is 0. The molecule has 1 rings (SSSR count). The molecule has 1 amide bonds. The van der Waals surface area contributed by atoms with E-state index in [0.29, 0.717) is 25.0 Å². The number of Topliss-reactive ketones (excluding diaryl/α,β-unsaturated/α-hetero) is 1. The zero-order chi connectivity index (χ0) is 11.8. The Morgan fingerprint density at radius 1 is 1.25 bits per heavy atom. The number of hydrogen-bond acceptors (Lipinski definition) is 2. The molecule has 92 valence electrons. The van der Waals surface area contributed by atoms with Crippen molar-refractivity contribution in [3.63, 3.8) is 0 Å². The lowest BCUT2D eigenvalue weighted by atomic mass is 10.1. The minimum Gasteiger partial charge on any atom is -0.343 e. The van der Waals surface area contributed by atoms with Gasteiger partial charge in [-0.25, -0.2) is 0 Å². The summed E-state index contributed by atoms with van der Waals surface area (Å²) in [7, 11) is 0. The van der Waals surface area contributed by atoms with Gasteiger partial charge in [0.15, 0.2) is 0 Å². The number of amides is 1. The minimum atomic E-state index is 0.281. The second kappa shape index (κ2) is 7.42. The van der Waals surface area contributed by atoms with Gasteiger partial charge in [0.05, 0.1) is 0 Å². The summed E-state index contributed by atoms with van der Waals surface area (Å²) in [6.07, 6.45) is 7.34. The molecule has 0 spiro atoms. The molecular formula is C13H23NO2. The van der Waals surface area contributed by atoms with Crippen LogP contribution in [0.5, 0.6) is 0 Å². The van der Waals surface area contributed by atoms with Crippen molar-refractivity contribution in [3.8, 4) is 0 Å². The zero-order valence-electron chi connectivity index (χ0n) is 10.3. The van der Waals surface area contributed by atoms with E-state index >= 15 is 0 Å². The monoisotopic (exact) mass is 225 g/mol. The smallest absolute Gasteiger partial charge is 0.222 e. The number of carbonyl (C=O) groups excluding carboxylic acids is 2. The SMILES string of the molecule is CCC(=O)CCCN1CCCCCCC1=O. The molecule has 0 aliphatic carbocycles. The maximum Gasteiger partial charge on any atom is 0.222 e. The maximum atomic E-state index is 11.8. The van der Waals surface area contributed by atoms with E-state index in [-0.39, 0.29) is 5.91 Å². The third-order valence-electron chi connectivity index (χ3n) is 3.20. The van der Waals surface area contributed by atoms with Gasteiger partial charge in [0.25, 0.3) is 0 Å². The molecule has 0 unspecified atom stereocenters. The summed E-state index contributed by atoms with van der Waals surface area (Å²) in [5.41, 5.74) is 0. The minimum absolute atomic E-state index is 0.281. The van der Waals surface area contributed by atoms with Crippen LogP contribution >= 0.6 is 0 Å². The Balaban J connectivity index is 2.26. The lowest BCUT2D eigenvalue weighted by Crippen LogP contribution is -2.33. The van der Waals surface area contributed by atoms with Crippen LogP contribution in [0.1, 0.15) is 58.3 Å². The second-order valence-electron chi connectivity index (χ2n) is 4.54. The average molecular weight is 225 g/mol. The quantitative estimate of drug-likeness (QED) is 0.721. The third-order valence-corrected chi connectivity index (χ3v) is 3.20. The van der Waals surface area contributed by atoms with E-state index < -0.39 is 0 Å². The summed E-state index contributed by atoms with van der Waals surface area (Å²) >= 11 is 0. The number of ketones is 1. The van der Waals surface area contributed by atoms with Crippen molar-refractivity contribution in [2.45, 2.75) is 58.3 Å². The van der Waals surface area contributed by atoms with Gasteiger partial charge in [-0.15, -0.1) is 0 Å². The highest BCUT2D eigenvalue weighted by molar-refractivity contribution is 5.78. The second-order valence-corrected chi connectivity index (χ2v) is 4.54. The van der Waals surface area contributed by atoms with Crippen molar-refractivity contribution in [2.75, 3.05) is 13.1 Å². The molecule has 0 aromatic heterocycles. The number of carbonyl (C=O) groups is 2. The van der Waals surface area contributed by atoms with Crippen LogP contribution < -0.4 is 0 Å². The van der Waals surface area contributed by atoms with E-state index in [9.17, 15) is 9.59 Å². The molecule has 0 N–H and O–H groups in total. The Bertz CT molecular complexity index is 238. The standard InChI is InChI=1S/C13H23NO2/c1-2-12(15)8-7-11-14-10-6-4-3-5-9-13(14)16/h2-11H2,1H3. The Kier molecular flexibility index (Phi) is 6.12. The van der Waals surface area contributed by atoms with Gasteiger partial charge in [0.1, 0.15) is 5.78 Å². The summed E-state index contributed by atoms with van der Waals surface area (Å²) in [6, 6.07) is 0. The normalized spacial score (nSPS) is 18.1. The van der Waals surface area contributed by atoms with Gasteiger partial charge in [-0.05, 0) is 19.3 Å². The lowest BCUT2D eigenvalue weighted by Gasteiger charge is -2.24. The van der Waals surface area contributed by atoms with Crippen LogP contribution in [-0.4, -0.2) is 29.7 Å². The first-order valence-electron chi connectivity index (χ1n) is 6.53. The van der Waals surface area contributed by atoms with Crippen molar-refractivity contribution in [3.05, 3.63) is 0 Å². The third kappa shape index (κ3) is 4.77. The topological polar surface area (TPSA) is 37.4 Å². The summed E-state index contributed by atoms with van der Waals surface area (Å²) in [5.74, 6) is 0.586. The van der Waals surface area contributed by atoms with Gasteiger partial charge < -0.3 is 4.90 Å². The summed E-state index contributed by atoms with van der Waals surface area (Å²) in [5, 5.41) is 0. The molecule has 0 radical (unpaired) electrons. The Labute approximate surface area is 98.2 Å². The van der Waals surface area contributed by atoms with Crippen LogP contribution in [0.4, 0.5) is 0 Å². The first kappa shape index (κ1) is 13.2. The molecule has 1 aliphatic heterocycles. The van der Waals surface area contributed by atoms with E-state index in [1.54, 1.807) is 0 Å². The summed E-state index contributed by atoms with van der Waals surface area (Å²) in [4.78, 5) is 24.9. The number of likely N-dealkylation sites (tertiary alicyclic amines) is 1. The van der Waals surface area contributed by atoms with Gasteiger partial charge in [-0.2, -0.15) is 0 Å². The van der Waals surface area contributed by atoms with Crippen LogP contribution in [0, 0.1) is 0 Å². The molecule has 0 atom stereocenters. The van der Waals surface area contributed by atoms with Crippen LogP contribution in [-0.2, 0) is 9.59 Å². The summed E-state index contributed by atoms with van der Waals surface area (Å²) in [6.45, 7) is 3.55. The molecule has 16 heavy (non-hydrogen) atoms. The molecule has 3 nitrogen and oxygen atoms in total. The molecule has 1 fully saturated rings. The Hall–Kier alpha value is -0.860. The van der Waals surface area contributed by atoms with Gasteiger partial charge >= 0.3 is 0 Å². The van der Waals surface area contributed by atoms with E-state index in [1.165, 1.54) is 12.8 Å². The fourth-order valence-corrected chi connectivity index (χ4v) is 2.10. The number of hydrogen-bond donors (Lipinski definition) is 0. The van der Waals surface area contributed by atoms with Crippen molar-refractivity contribution < 1.29 is 9.59 Å². The fourth-order valence-electron chi connectivity index (χ4n) is 2.10. The van der Waals surface area contributed by atoms with E-state index in [4.69, 9.17) is 0 Å². The number of rotatable bonds is 5. The van der Waals surface area contributed by atoms with E-state index in [0.717, 1.165) is 32.4 Å². The van der Waals surface area contributed by atoms with Gasteiger partial charge in [0, 0.05) is 32.4 Å². The predicted octanol–water partition coefficient (Wildman–Crippen LogP) is 2.54. The van der Waals surface area contributed by atoms with Gasteiger partial charge in [-0.1, -0.05) is 19.8 Å². The van der Waals surface area contributed by atoms with Crippen molar-refractivity contribution >= 4 is 11.7 Å². The lowest BCUT2D eigenvalue weighted by molar-refractivity contribution is -0.132. The van der Waals surface area contributed by atoms with E-state index in [2.05, 4.69) is 0 Å². The van der Waals surface area contributed by atoms with E-state index in [1.807, 2.05) is 11.8 Å². The molecule has 1 aliphatic rings. The Morgan fingerprint density at radius 3 is 2.75 bits per heavy atom. The predicted molar refractivity (Wildman–Crippen MR) is 64.2 cm³/mol. The molecule has 0 aromatic rings. The van der Waals surface area contributed by atoms with Crippen molar-refractivity contribution in [1.29, 1.82) is 0 Å². The highest BCUT2D eigenvalue weighted by Gasteiger charge is 2.15. The highest BCUT2D eigenvalue weighted by atomic mass is 16.2. The highest BCUT2D eigenvalue weighted by Crippen LogP contribution is 2.12.